The molecule has 1 aliphatic rings. The predicted molar refractivity (Wildman–Crippen MR) is 58.0 cm³/mol. The summed E-state index contributed by atoms with van der Waals surface area (Å²) in [6.45, 7) is 9.44. The zero-order valence-corrected chi connectivity index (χ0v) is 9.80. The van der Waals surface area contributed by atoms with Crippen LogP contribution in [-0.2, 0) is 0 Å². The highest BCUT2D eigenvalue weighted by Gasteiger charge is 2.28. The van der Waals surface area contributed by atoms with E-state index in [1.807, 2.05) is 0 Å². The van der Waals surface area contributed by atoms with Crippen molar-refractivity contribution in [3.05, 3.63) is 0 Å². The fraction of sp³-hybridized carbons (Fsp3) is 1.00. The molecule has 2 nitrogen and oxygen atoms in total. The molecular formula is C11H24N2. The fourth-order valence-corrected chi connectivity index (χ4v) is 1.99. The monoisotopic (exact) mass is 184 g/mol. The first-order valence-corrected chi connectivity index (χ1v) is 5.33. The smallest absolute Gasteiger partial charge is 0.0217 e. The van der Waals surface area contributed by atoms with Gasteiger partial charge in [-0.15, -0.1) is 0 Å². The van der Waals surface area contributed by atoms with Gasteiger partial charge in [0.2, 0.25) is 0 Å². The number of likely N-dealkylation sites (tertiary alicyclic amines) is 1. The van der Waals surface area contributed by atoms with Crippen molar-refractivity contribution in [2.45, 2.75) is 45.2 Å². The standard InChI is InChI=1S/C11H24N2/c1-11(2,3)13-8-6-7-10(9-13)12(4)5/h10H,6-9H2,1-5H3/t10-/m1/s1. The Morgan fingerprint density at radius 2 is 1.85 bits per heavy atom. The molecule has 1 saturated heterocycles. The summed E-state index contributed by atoms with van der Waals surface area (Å²) in [4.78, 5) is 4.96. The molecule has 0 amide bonds. The minimum Gasteiger partial charge on any atom is -0.305 e. The van der Waals surface area contributed by atoms with E-state index in [0.717, 1.165) is 6.04 Å². The van der Waals surface area contributed by atoms with Crippen LogP contribution in [0, 0.1) is 0 Å². The Labute approximate surface area is 82.9 Å². The van der Waals surface area contributed by atoms with Crippen LogP contribution in [0.5, 0.6) is 0 Å². The molecule has 0 aliphatic carbocycles. The summed E-state index contributed by atoms with van der Waals surface area (Å²) in [5.74, 6) is 0. The second kappa shape index (κ2) is 3.97. The van der Waals surface area contributed by atoms with Gasteiger partial charge in [0, 0.05) is 18.1 Å². The third kappa shape index (κ3) is 2.96. The van der Waals surface area contributed by atoms with Gasteiger partial charge in [0.1, 0.15) is 0 Å². The lowest BCUT2D eigenvalue weighted by Gasteiger charge is -2.43. The van der Waals surface area contributed by atoms with Crippen molar-refractivity contribution >= 4 is 0 Å². The van der Waals surface area contributed by atoms with Crippen molar-refractivity contribution in [2.24, 2.45) is 0 Å². The van der Waals surface area contributed by atoms with E-state index >= 15 is 0 Å². The number of hydrogen-bond acceptors (Lipinski definition) is 2. The molecule has 1 rings (SSSR count). The molecule has 0 aromatic carbocycles. The molecular weight excluding hydrogens is 160 g/mol. The summed E-state index contributed by atoms with van der Waals surface area (Å²) in [6.07, 6.45) is 2.71. The predicted octanol–water partition coefficient (Wildman–Crippen LogP) is 1.81. The number of likely N-dealkylation sites (N-methyl/N-ethyl adjacent to an activating group) is 1. The first kappa shape index (κ1) is 11.0. The van der Waals surface area contributed by atoms with Crippen LogP contribution in [0.3, 0.4) is 0 Å². The van der Waals surface area contributed by atoms with Gasteiger partial charge in [0.15, 0.2) is 0 Å². The van der Waals surface area contributed by atoms with Gasteiger partial charge in [-0.1, -0.05) is 0 Å². The molecule has 1 aliphatic heterocycles. The molecule has 2 heteroatoms. The van der Waals surface area contributed by atoms with Gasteiger partial charge in [-0.05, 0) is 54.3 Å². The Morgan fingerprint density at radius 3 is 2.31 bits per heavy atom. The molecule has 0 aromatic rings. The van der Waals surface area contributed by atoms with Crippen molar-refractivity contribution in [1.29, 1.82) is 0 Å². The molecule has 0 bridgehead atoms. The molecule has 0 unspecified atom stereocenters. The summed E-state index contributed by atoms with van der Waals surface area (Å²) >= 11 is 0. The lowest BCUT2D eigenvalue weighted by molar-refractivity contribution is 0.0616. The quantitative estimate of drug-likeness (QED) is 0.613. The number of nitrogens with zero attached hydrogens (tertiary/aromatic N) is 2. The molecule has 0 saturated carbocycles. The van der Waals surface area contributed by atoms with Crippen molar-refractivity contribution in [1.82, 2.24) is 9.80 Å². The Kier molecular flexibility index (Phi) is 3.36. The highest BCUT2D eigenvalue weighted by Crippen LogP contribution is 2.21. The van der Waals surface area contributed by atoms with E-state index in [-0.39, 0.29) is 0 Å². The van der Waals surface area contributed by atoms with E-state index < -0.39 is 0 Å². The van der Waals surface area contributed by atoms with Crippen molar-refractivity contribution in [2.75, 3.05) is 27.2 Å². The largest absolute Gasteiger partial charge is 0.305 e. The summed E-state index contributed by atoms with van der Waals surface area (Å²) < 4.78 is 0. The van der Waals surface area contributed by atoms with Crippen LogP contribution in [0.4, 0.5) is 0 Å². The van der Waals surface area contributed by atoms with Crippen LogP contribution in [0.2, 0.25) is 0 Å². The molecule has 78 valence electrons. The second-order valence-corrected chi connectivity index (χ2v) is 5.38. The molecule has 0 aromatic heterocycles. The minimum absolute atomic E-state index is 0.342. The van der Waals surface area contributed by atoms with Gasteiger partial charge in [-0.3, -0.25) is 4.90 Å². The zero-order chi connectivity index (χ0) is 10.1. The van der Waals surface area contributed by atoms with Crippen LogP contribution in [0.15, 0.2) is 0 Å². The normalized spacial score (nSPS) is 26.8. The van der Waals surface area contributed by atoms with Crippen LogP contribution >= 0.6 is 0 Å². The van der Waals surface area contributed by atoms with Gasteiger partial charge in [-0.2, -0.15) is 0 Å². The molecule has 0 spiro atoms. The Hall–Kier alpha value is -0.0800. The third-order valence-corrected chi connectivity index (χ3v) is 3.08. The molecule has 1 heterocycles. The van der Waals surface area contributed by atoms with E-state index in [1.54, 1.807) is 0 Å². The third-order valence-electron chi connectivity index (χ3n) is 3.08. The first-order chi connectivity index (χ1) is 5.91. The molecule has 1 fully saturated rings. The average Bonchev–Trinajstić information content (AvgIpc) is 2.03. The zero-order valence-electron chi connectivity index (χ0n) is 9.80. The maximum absolute atomic E-state index is 2.60. The van der Waals surface area contributed by atoms with E-state index in [1.165, 1.54) is 25.9 Å². The summed E-state index contributed by atoms with van der Waals surface area (Å²) in [7, 11) is 4.38. The fourth-order valence-electron chi connectivity index (χ4n) is 1.99. The Morgan fingerprint density at radius 1 is 1.23 bits per heavy atom. The number of piperidine rings is 1. The highest BCUT2D eigenvalue weighted by atomic mass is 15.2. The van der Waals surface area contributed by atoms with E-state index in [2.05, 4.69) is 44.7 Å². The van der Waals surface area contributed by atoms with Gasteiger partial charge >= 0.3 is 0 Å². The summed E-state index contributed by atoms with van der Waals surface area (Å²) in [5.41, 5.74) is 0.342. The summed E-state index contributed by atoms with van der Waals surface area (Å²) in [6, 6.07) is 0.757. The Bertz CT molecular complexity index is 158. The van der Waals surface area contributed by atoms with Crippen molar-refractivity contribution < 1.29 is 0 Å². The molecule has 1 atom stereocenters. The van der Waals surface area contributed by atoms with Crippen LogP contribution in [0.25, 0.3) is 0 Å². The van der Waals surface area contributed by atoms with Crippen LogP contribution in [0.1, 0.15) is 33.6 Å². The van der Waals surface area contributed by atoms with Crippen molar-refractivity contribution in [3.63, 3.8) is 0 Å². The van der Waals surface area contributed by atoms with Gasteiger partial charge in [0.05, 0.1) is 0 Å². The highest BCUT2D eigenvalue weighted by molar-refractivity contribution is 4.85. The lowest BCUT2D eigenvalue weighted by atomic mass is 9.98. The van der Waals surface area contributed by atoms with E-state index in [0.29, 0.717) is 5.54 Å². The van der Waals surface area contributed by atoms with Crippen LogP contribution in [-0.4, -0.2) is 48.6 Å². The topological polar surface area (TPSA) is 6.48 Å². The first-order valence-electron chi connectivity index (χ1n) is 5.33. The van der Waals surface area contributed by atoms with E-state index in [9.17, 15) is 0 Å². The molecule has 13 heavy (non-hydrogen) atoms. The Balaban J connectivity index is 2.52. The van der Waals surface area contributed by atoms with Crippen molar-refractivity contribution in [3.8, 4) is 0 Å². The van der Waals surface area contributed by atoms with E-state index in [4.69, 9.17) is 0 Å². The summed E-state index contributed by atoms with van der Waals surface area (Å²) in [5, 5.41) is 0. The SMILES string of the molecule is CN(C)[C@@H]1CCCN(C(C)(C)C)C1. The average molecular weight is 184 g/mol. The lowest BCUT2D eigenvalue weighted by Crippen LogP contribution is -2.52. The molecule has 0 radical (unpaired) electrons. The van der Waals surface area contributed by atoms with Gasteiger partial charge in [-0.25, -0.2) is 0 Å². The maximum atomic E-state index is 2.60. The second-order valence-electron chi connectivity index (χ2n) is 5.38. The number of rotatable bonds is 1. The van der Waals surface area contributed by atoms with Crippen LogP contribution < -0.4 is 0 Å². The van der Waals surface area contributed by atoms with Gasteiger partial charge in [0.25, 0.3) is 0 Å². The van der Waals surface area contributed by atoms with Gasteiger partial charge < -0.3 is 4.90 Å². The maximum Gasteiger partial charge on any atom is 0.0217 e. The minimum atomic E-state index is 0.342. The molecule has 0 N–H and O–H groups in total. The number of hydrogen-bond donors (Lipinski definition) is 0.